The van der Waals surface area contributed by atoms with Gasteiger partial charge < -0.3 is 15.1 Å². The number of likely N-dealkylation sites (tertiary alicyclic amines) is 1. The van der Waals surface area contributed by atoms with Gasteiger partial charge in [-0.05, 0) is 48.9 Å². The van der Waals surface area contributed by atoms with Gasteiger partial charge in [0.05, 0.1) is 5.54 Å². The largest absolute Gasteiger partial charge is 0.326 e. The van der Waals surface area contributed by atoms with Crippen LogP contribution in [0.3, 0.4) is 0 Å². The summed E-state index contributed by atoms with van der Waals surface area (Å²) in [6.45, 7) is 1.90. The van der Waals surface area contributed by atoms with E-state index in [1.807, 2.05) is 23.1 Å². The first-order valence-corrected chi connectivity index (χ1v) is 11.5. The monoisotopic (exact) mass is 459 g/mol. The Morgan fingerprint density at radius 1 is 1.09 bits per heavy atom. The lowest BCUT2D eigenvalue weighted by Crippen LogP contribution is -2.70. The molecule has 2 aromatic rings. The van der Waals surface area contributed by atoms with Crippen LogP contribution in [0, 0.1) is 0 Å². The van der Waals surface area contributed by atoms with Crippen LogP contribution in [0.1, 0.15) is 34.3 Å². The fraction of sp³-hybridized carbons (Fsp3) is 0.360. The van der Waals surface area contributed by atoms with Crippen molar-refractivity contribution < 1.29 is 19.2 Å². The summed E-state index contributed by atoms with van der Waals surface area (Å²) in [5, 5.41) is 5.35. The van der Waals surface area contributed by atoms with Gasteiger partial charge in [-0.15, -0.1) is 0 Å². The number of nitrogens with one attached hydrogen (secondary N) is 2. The molecule has 2 aromatic carbocycles. The first kappa shape index (κ1) is 20.9. The Kier molecular flexibility index (Phi) is 4.54. The molecule has 2 fully saturated rings. The van der Waals surface area contributed by atoms with E-state index in [0.717, 1.165) is 30.8 Å². The Morgan fingerprint density at radius 2 is 1.88 bits per heavy atom. The predicted molar refractivity (Wildman–Crippen MR) is 124 cm³/mol. The first-order valence-electron chi connectivity index (χ1n) is 11.5. The van der Waals surface area contributed by atoms with E-state index in [1.54, 1.807) is 18.2 Å². The Labute approximate surface area is 196 Å². The minimum absolute atomic E-state index is 0.190. The number of likely N-dealkylation sites (N-methyl/N-ethyl adjacent to an activating group) is 1. The summed E-state index contributed by atoms with van der Waals surface area (Å²) in [7, 11) is 2.05. The van der Waals surface area contributed by atoms with Gasteiger partial charge in [0.25, 0.3) is 5.91 Å². The van der Waals surface area contributed by atoms with E-state index in [2.05, 4.69) is 28.6 Å². The Morgan fingerprint density at radius 3 is 2.65 bits per heavy atom. The highest BCUT2D eigenvalue weighted by Crippen LogP contribution is 2.44. The predicted octanol–water partition coefficient (Wildman–Crippen LogP) is 1.73. The minimum atomic E-state index is -0.660. The number of rotatable bonds is 2. The smallest absolute Gasteiger partial charge is 0.322 e. The third-order valence-electron chi connectivity index (χ3n) is 7.33. The van der Waals surface area contributed by atoms with Crippen LogP contribution in [0.25, 0.3) is 0 Å². The third kappa shape index (κ3) is 3.11. The summed E-state index contributed by atoms with van der Waals surface area (Å²) in [5.74, 6) is -0.976. The Balaban J connectivity index is 1.23. The van der Waals surface area contributed by atoms with E-state index >= 15 is 0 Å². The zero-order valence-corrected chi connectivity index (χ0v) is 18.8. The number of carbonyl (C=O) groups is 4. The summed E-state index contributed by atoms with van der Waals surface area (Å²) in [5.41, 5.74) is 3.75. The number of fused-ring (bicyclic) bond motifs is 2. The lowest BCUT2D eigenvalue weighted by molar-refractivity contribution is -0.136. The molecule has 4 heterocycles. The fourth-order valence-corrected chi connectivity index (χ4v) is 5.94. The molecule has 174 valence electrons. The summed E-state index contributed by atoms with van der Waals surface area (Å²) >= 11 is 0. The second-order valence-corrected chi connectivity index (χ2v) is 9.74. The molecule has 4 aliphatic rings. The minimum Gasteiger partial charge on any atom is -0.322 e. The number of urea groups is 1. The maximum absolute atomic E-state index is 13.5. The molecule has 34 heavy (non-hydrogen) atoms. The van der Waals surface area contributed by atoms with Gasteiger partial charge in [-0.25, -0.2) is 4.79 Å². The number of imide groups is 1. The molecule has 0 bridgehead atoms. The fourth-order valence-electron chi connectivity index (χ4n) is 5.94. The van der Waals surface area contributed by atoms with Crippen molar-refractivity contribution in [1.29, 1.82) is 0 Å². The van der Waals surface area contributed by atoms with Gasteiger partial charge >= 0.3 is 6.03 Å². The second-order valence-electron chi connectivity index (χ2n) is 9.74. The molecule has 1 unspecified atom stereocenters. The van der Waals surface area contributed by atoms with E-state index < -0.39 is 11.9 Å². The summed E-state index contributed by atoms with van der Waals surface area (Å²) in [6, 6.07) is 12.4. The van der Waals surface area contributed by atoms with E-state index in [-0.39, 0.29) is 36.3 Å². The van der Waals surface area contributed by atoms with Crippen molar-refractivity contribution in [2.75, 3.05) is 30.4 Å². The first-order chi connectivity index (χ1) is 16.3. The Hall–Kier alpha value is -3.72. The molecule has 0 radical (unpaired) electrons. The highest BCUT2D eigenvalue weighted by molar-refractivity contribution is 6.07. The number of piperidine rings is 1. The van der Waals surface area contributed by atoms with Gasteiger partial charge in [0.15, 0.2) is 0 Å². The van der Waals surface area contributed by atoms with Gasteiger partial charge in [0.2, 0.25) is 11.8 Å². The molecule has 1 atom stereocenters. The van der Waals surface area contributed by atoms with Crippen molar-refractivity contribution in [3.05, 3.63) is 59.2 Å². The van der Waals surface area contributed by atoms with Crippen molar-refractivity contribution in [3.8, 4) is 0 Å². The summed E-state index contributed by atoms with van der Waals surface area (Å²) < 4.78 is 0. The van der Waals surface area contributed by atoms with Crippen LogP contribution < -0.4 is 15.5 Å². The lowest BCUT2D eigenvalue weighted by atomic mass is 9.86. The van der Waals surface area contributed by atoms with Gasteiger partial charge in [-0.1, -0.05) is 18.2 Å². The molecule has 6 rings (SSSR count). The van der Waals surface area contributed by atoms with Crippen molar-refractivity contribution >= 4 is 35.1 Å². The third-order valence-corrected chi connectivity index (χ3v) is 7.33. The molecule has 0 aliphatic carbocycles. The average Bonchev–Trinajstić information content (AvgIpc) is 3.28. The van der Waals surface area contributed by atoms with Gasteiger partial charge in [-0.2, -0.15) is 0 Å². The van der Waals surface area contributed by atoms with Crippen LogP contribution in [-0.2, 0) is 22.6 Å². The summed E-state index contributed by atoms with van der Waals surface area (Å²) in [4.78, 5) is 55.8. The van der Waals surface area contributed by atoms with Crippen LogP contribution in [-0.4, -0.2) is 65.3 Å². The number of carbonyl (C=O) groups excluding carboxylic acids is 4. The number of para-hydroxylation sites is 1. The average molecular weight is 460 g/mol. The maximum Gasteiger partial charge on any atom is 0.326 e. The number of hydrogen-bond acceptors (Lipinski definition) is 5. The van der Waals surface area contributed by atoms with Crippen molar-refractivity contribution in [3.63, 3.8) is 0 Å². The number of hydrogen-bond donors (Lipinski definition) is 2. The van der Waals surface area contributed by atoms with E-state index in [0.29, 0.717) is 17.7 Å². The number of benzene rings is 2. The van der Waals surface area contributed by atoms with Crippen molar-refractivity contribution in [2.45, 2.75) is 37.4 Å². The van der Waals surface area contributed by atoms with Crippen LogP contribution in [0.2, 0.25) is 0 Å². The standard InChI is InChI=1S/C25H25N5O4/c1-28-13-25(14-28)11-15-4-2-3-5-19(15)30(25)24(34)26-17-6-7-18-16(10-17)12-29(23(18)33)20-8-9-21(31)27-22(20)32/h2-7,10,20H,8-9,11-14H2,1H3,(H,26,34)(H,27,31,32). The highest BCUT2D eigenvalue weighted by Gasteiger charge is 2.53. The van der Waals surface area contributed by atoms with Crippen LogP contribution in [0.4, 0.5) is 16.2 Å². The van der Waals surface area contributed by atoms with Crippen molar-refractivity contribution in [1.82, 2.24) is 15.1 Å². The molecule has 9 heteroatoms. The van der Waals surface area contributed by atoms with Gasteiger partial charge in [-0.3, -0.25) is 24.6 Å². The molecular formula is C25H25N5O4. The maximum atomic E-state index is 13.5. The van der Waals surface area contributed by atoms with Gasteiger partial charge in [0, 0.05) is 49.4 Å². The van der Waals surface area contributed by atoms with Crippen LogP contribution in [0.15, 0.2) is 42.5 Å². The number of amides is 5. The van der Waals surface area contributed by atoms with Gasteiger partial charge in [0.1, 0.15) is 6.04 Å². The molecule has 2 N–H and O–H groups in total. The lowest BCUT2D eigenvalue weighted by Gasteiger charge is -2.51. The zero-order valence-electron chi connectivity index (χ0n) is 18.8. The highest BCUT2D eigenvalue weighted by atomic mass is 16.2. The molecule has 5 amide bonds. The van der Waals surface area contributed by atoms with E-state index in [1.165, 1.54) is 10.5 Å². The Bertz CT molecular complexity index is 1250. The molecule has 4 aliphatic heterocycles. The normalized spacial score (nSPS) is 23.0. The van der Waals surface area contributed by atoms with Crippen LogP contribution in [0.5, 0.6) is 0 Å². The molecule has 1 spiro atoms. The molecule has 0 aromatic heterocycles. The van der Waals surface area contributed by atoms with Crippen molar-refractivity contribution in [2.24, 2.45) is 0 Å². The van der Waals surface area contributed by atoms with Crippen LogP contribution >= 0.6 is 0 Å². The SMILES string of the molecule is CN1CC2(Cc3ccccc3N2C(=O)Nc2ccc3c(c2)CN(C2CCC(=O)NC2=O)C3=O)C1. The molecule has 2 saturated heterocycles. The topological polar surface area (TPSA) is 102 Å². The number of nitrogens with zero attached hydrogens (tertiary/aromatic N) is 3. The number of anilines is 2. The molecule has 9 nitrogen and oxygen atoms in total. The molecular weight excluding hydrogens is 434 g/mol. The van der Waals surface area contributed by atoms with E-state index in [9.17, 15) is 19.2 Å². The quantitative estimate of drug-likeness (QED) is 0.666. The van der Waals surface area contributed by atoms with E-state index in [4.69, 9.17) is 0 Å². The second kappa shape index (κ2) is 7.39. The zero-order chi connectivity index (χ0) is 23.6. The summed E-state index contributed by atoms with van der Waals surface area (Å²) in [6.07, 6.45) is 1.37. The molecule has 0 saturated carbocycles.